The Morgan fingerprint density at radius 2 is 1.70 bits per heavy atom. The Labute approximate surface area is 465 Å². The highest BCUT2D eigenvalue weighted by Gasteiger charge is 2.44. The van der Waals surface area contributed by atoms with Crippen LogP contribution < -0.4 is 14.2 Å². The number of aromatic amines is 1. The lowest BCUT2D eigenvalue weighted by Gasteiger charge is -2.36. The molecule has 21 heteroatoms. The van der Waals surface area contributed by atoms with Crippen LogP contribution in [0.1, 0.15) is 71.4 Å². The predicted molar refractivity (Wildman–Crippen MR) is 298 cm³/mol. The van der Waals surface area contributed by atoms with Crippen molar-refractivity contribution in [1.82, 2.24) is 29.1 Å². The first-order valence-corrected chi connectivity index (χ1v) is 28.7. The van der Waals surface area contributed by atoms with Gasteiger partial charge in [-0.2, -0.15) is 12.7 Å². The lowest BCUT2D eigenvalue weighted by Crippen LogP contribution is -2.52. The van der Waals surface area contributed by atoms with Gasteiger partial charge in [0.15, 0.2) is 11.6 Å². The van der Waals surface area contributed by atoms with Gasteiger partial charge in [-0.05, 0) is 84.3 Å². The van der Waals surface area contributed by atoms with E-state index in [0.717, 1.165) is 55.0 Å². The highest BCUT2D eigenvalue weighted by molar-refractivity contribution is 7.90. The first-order chi connectivity index (χ1) is 38.4. The second-order valence-electron chi connectivity index (χ2n) is 20.5. The number of H-pyrrole nitrogens is 1. The highest BCUT2D eigenvalue weighted by atomic mass is 32.2. The SMILES string of the molecule is C=C1c2ccccc2CN1[C@H](C(=O)N1C[C@H](O)C[C@H]1C(=O)CCc1ccc(-c2scnc2C)cc1OCCOCCOc1ccc(-c2cnc3[nH]cc(C(=O)c4c(F)ccc(NS(=O)(=O)N5CC[C@@H](F)C5)c4F)c3c2)cc1)C(C)C. The molecule has 3 aliphatic heterocycles. The molecule has 1 amide bonds. The van der Waals surface area contributed by atoms with E-state index in [1.165, 1.54) is 17.5 Å². The molecule has 2 saturated heterocycles. The Morgan fingerprint density at radius 1 is 0.938 bits per heavy atom. The summed E-state index contributed by atoms with van der Waals surface area (Å²) in [7, 11) is -4.39. The number of aromatic nitrogens is 3. The standard InChI is InChI=1S/C59H60F3N7O9S2/c1-34(2)55(68-30-40-7-5-6-8-45(40)36(68)4)59(73)69-32-43(70)27-50(69)51(71)18-13-38-9-10-39(57-35(3)65-33-79-57)26-52(38)78-24-22-76-21-23-77-44-14-11-37(12-15-44)41-25-46-47(29-64-58(46)63-28-41)56(72)53-48(61)16-17-49(54(53)62)66-80(74,75)67-20-19-42(60)31-67/h5-12,14-17,25-26,28-29,33-34,42-43,50,55,66,70H,4,13,18-24,27,30-32H2,1-3H3,(H,63,64)/t42-,43-,50+,55+/m1/s1. The fourth-order valence-electron chi connectivity index (χ4n) is 10.7. The maximum atomic E-state index is 15.8. The maximum absolute atomic E-state index is 15.8. The van der Waals surface area contributed by atoms with Gasteiger partial charge in [-0.3, -0.25) is 19.1 Å². The van der Waals surface area contributed by atoms with Crippen LogP contribution in [0.5, 0.6) is 11.5 Å². The van der Waals surface area contributed by atoms with E-state index in [1.807, 2.05) is 72.9 Å². The van der Waals surface area contributed by atoms with Crippen LogP contribution in [0.4, 0.5) is 18.9 Å². The second-order valence-corrected chi connectivity index (χ2v) is 23.0. The largest absolute Gasteiger partial charge is 0.491 e. The second kappa shape index (κ2) is 23.7. The Hall–Kier alpha value is -7.43. The van der Waals surface area contributed by atoms with Gasteiger partial charge in [0.05, 0.1) is 52.7 Å². The van der Waals surface area contributed by atoms with Crippen molar-refractivity contribution >= 4 is 61.4 Å². The van der Waals surface area contributed by atoms with E-state index in [9.17, 15) is 32.3 Å². The zero-order valence-corrected chi connectivity index (χ0v) is 45.9. The zero-order valence-electron chi connectivity index (χ0n) is 44.3. The number of hydrogen-bond acceptors (Lipinski definition) is 13. The number of ether oxygens (including phenoxy) is 3. The third-order valence-electron chi connectivity index (χ3n) is 14.8. The summed E-state index contributed by atoms with van der Waals surface area (Å²) < 4.78 is 91.4. The van der Waals surface area contributed by atoms with E-state index in [1.54, 1.807) is 46.9 Å². The molecule has 10 rings (SSSR count). The van der Waals surface area contributed by atoms with Gasteiger partial charge in [0.2, 0.25) is 11.7 Å². The Balaban J connectivity index is 0.730. The number of anilines is 1. The minimum Gasteiger partial charge on any atom is -0.491 e. The summed E-state index contributed by atoms with van der Waals surface area (Å²) in [4.78, 5) is 58.6. The van der Waals surface area contributed by atoms with Crippen molar-refractivity contribution < 1.29 is 55.3 Å². The number of aryl methyl sites for hydroxylation is 2. The predicted octanol–water partition coefficient (Wildman–Crippen LogP) is 9.32. The van der Waals surface area contributed by atoms with Crippen molar-refractivity contribution in [1.29, 1.82) is 0 Å². The Morgan fingerprint density at radius 3 is 2.42 bits per heavy atom. The number of likely N-dealkylation sites (tertiary alicyclic amines) is 1. The molecule has 6 heterocycles. The molecule has 7 aromatic rings. The average molecular weight is 1130 g/mol. The molecule has 4 aromatic carbocycles. The fraction of sp³-hybridized carbons (Fsp3) is 0.339. The number of nitrogens with zero attached hydrogens (tertiary/aromatic N) is 5. The van der Waals surface area contributed by atoms with Crippen LogP contribution in [-0.4, -0.2) is 130 Å². The molecular formula is C59H60F3N7O9S2. The summed E-state index contributed by atoms with van der Waals surface area (Å²) >= 11 is 1.52. The number of thiazole rings is 1. The number of ketones is 2. The average Bonchev–Trinajstić information content (AvgIpc) is 4.35. The number of halogens is 3. The van der Waals surface area contributed by atoms with Gasteiger partial charge in [-0.15, -0.1) is 11.3 Å². The van der Waals surface area contributed by atoms with Gasteiger partial charge in [0.25, 0.3) is 0 Å². The minimum absolute atomic E-state index is 0.0152. The zero-order chi connectivity index (χ0) is 56.4. The summed E-state index contributed by atoms with van der Waals surface area (Å²) in [6.45, 7) is 11.2. The van der Waals surface area contributed by atoms with Crippen molar-refractivity contribution in [3.8, 4) is 33.1 Å². The number of Topliss-reactive ketones (excluding diaryl/α,β-unsaturated/α-hetero) is 1. The van der Waals surface area contributed by atoms with E-state index < -0.39 is 69.8 Å². The lowest BCUT2D eigenvalue weighted by atomic mass is 9.97. The third kappa shape index (κ3) is 11.7. The number of aliphatic hydroxyl groups is 1. The molecule has 418 valence electrons. The van der Waals surface area contributed by atoms with Crippen LogP contribution in [0.25, 0.3) is 38.3 Å². The summed E-state index contributed by atoms with van der Waals surface area (Å²) in [6, 6.07) is 22.9. The molecule has 16 nitrogen and oxygen atoms in total. The van der Waals surface area contributed by atoms with Crippen molar-refractivity contribution in [2.24, 2.45) is 5.92 Å². The molecule has 0 aliphatic carbocycles. The number of β-amino-alcohol motifs (C(OH)–C–C–N with tert-alkyl or cyclic N) is 1. The molecule has 0 spiro atoms. The number of fused-ring (bicyclic) bond motifs is 2. The molecule has 0 unspecified atom stereocenters. The monoisotopic (exact) mass is 1130 g/mol. The van der Waals surface area contributed by atoms with Gasteiger partial charge in [-0.25, -0.2) is 23.1 Å². The molecule has 4 atom stereocenters. The number of rotatable bonds is 22. The van der Waals surface area contributed by atoms with Gasteiger partial charge in [0.1, 0.15) is 48.4 Å². The van der Waals surface area contributed by atoms with Crippen molar-refractivity contribution in [2.45, 2.75) is 77.4 Å². The first-order valence-electron chi connectivity index (χ1n) is 26.4. The van der Waals surface area contributed by atoms with Crippen LogP contribution in [0.2, 0.25) is 0 Å². The van der Waals surface area contributed by atoms with Crippen molar-refractivity contribution in [2.75, 3.05) is 50.8 Å². The number of amides is 1. The number of benzene rings is 4. The molecule has 2 fully saturated rings. The maximum Gasteiger partial charge on any atom is 0.301 e. The molecular weight excluding hydrogens is 1070 g/mol. The number of alkyl halides is 1. The van der Waals surface area contributed by atoms with Crippen LogP contribution in [0.15, 0.2) is 109 Å². The summed E-state index contributed by atoms with van der Waals surface area (Å²) in [5, 5.41) is 11.1. The van der Waals surface area contributed by atoms with Crippen LogP contribution in [0, 0.1) is 24.5 Å². The number of carbonyl (C=O) groups excluding carboxylic acids is 3. The number of hydrogen-bond donors (Lipinski definition) is 3. The molecule has 0 bridgehead atoms. The van der Waals surface area contributed by atoms with Crippen LogP contribution in [0.3, 0.4) is 0 Å². The summed E-state index contributed by atoms with van der Waals surface area (Å²) in [5.74, 6) is -2.93. The van der Waals surface area contributed by atoms with Crippen molar-refractivity contribution in [3.63, 3.8) is 0 Å². The molecule has 3 N–H and O–H groups in total. The topological polar surface area (TPSA) is 197 Å². The molecule has 0 saturated carbocycles. The molecule has 3 aliphatic rings. The quantitative estimate of drug-likeness (QED) is 0.0430. The van der Waals surface area contributed by atoms with Gasteiger partial charge in [0, 0.05) is 79.2 Å². The number of pyridine rings is 1. The highest BCUT2D eigenvalue weighted by Crippen LogP contribution is 2.38. The normalized spacial score (nSPS) is 17.9. The summed E-state index contributed by atoms with van der Waals surface area (Å²) in [6.07, 6.45) is 1.29. The van der Waals surface area contributed by atoms with Gasteiger partial charge < -0.3 is 34.1 Å². The van der Waals surface area contributed by atoms with E-state index in [4.69, 9.17) is 14.2 Å². The van der Waals surface area contributed by atoms with Crippen molar-refractivity contribution in [3.05, 3.63) is 155 Å². The number of carbonyl (C=O) groups is 3. The fourth-order valence-corrected chi connectivity index (χ4v) is 12.8. The Bertz CT molecular complexity index is 3590. The molecule has 3 aromatic heterocycles. The van der Waals surface area contributed by atoms with E-state index in [0.29, 0.717) is 35.6 Å². The first kappa shape index (κ1) is 55.9. The number of nitrogens with one attached hydrogen (secondary N) is 2. The van der Waals surface area contributed by atoms with E-state index in [2.05, 4.69) is 21.5 Å². The third-order valence-corrected chi connectivity index (χ3v) is 17.3. The smallest absolute Gasteiger partial charge is 0.301 e. The van der Waals surface area contributed by atoms with Gasteiger partial charge >= 0.3 is 10.2 Å². The summed E-state index contributed by atoms with van der Waals surface area (Å²) in [5.41, 5.74) is 7.12. The molecule has 80 heavy (non-hydrogen) atoms. The van der Waals surface area contributed by atoms with Crippen LogP contribution >= 0.6 is 11.3 Å². The van der Waals surface area contributed by atoms with E-state index in [-0.39, 0.29) is 93.0 Å². The molecule has 0 radical (unpaired) electrons. The lowest BCUT2D eigenvalue weighted by molar-refractivity contribution is -0.142. The Kier molecular flexibility index (Phi) is 16.6. The van der Waals surface area contributed by atoms with Crippen LogP contribution in [-0.2, 0) is 37.5 Å². The minimum atomic E-state index is -4.39. The van der Waals surface area contributed by atoms with Gasteiger partial charge in [-0.1, -0.05) is 69.0 Å². The number of aliphatic hydroxyl groups excluding tert-OH is 1. The van der Waals surface area contributed by atoms with E-state index >= 15 is 8.78 Å².